The molecule has 0 aliphatic rings. The molecule has 10 heteroatoms. The Hall–Kier alpha value is -4.34. The molecule has 0 fully saturated rings. The molecule has 1 unspecified atom stereocenters. The number of hydrogen-bond donors (Lipinski definition) is 2. The second-order valence-corrected chi connectivity index (χ2v) is 11.1. The monoisotopic (exact) mass is 577 g/mol. The third kappa shape index (κ3) is 6.62. The normalized spacial score (nSPS) is 11.8. The Kier molecular flexibility index (Phi) is 9.08. The van der Waals surface area contributed by atoms with Crippen LogP contribution in [0.4, 0.5) is 11.4 Å². The van der Waals surface area contributed by atoms with Crippen LogP contribution < -0.4 is 19.7 Å². The molecule has 0 saturated heterocycles. The van der Waals surface area contributed by atoms with E-state index >= 15 is 0 Å². The van der Waals surface area contributed by atoms with Crippen molar-refractivity contribution < 1.29 is 22.7 Å². The van der Waals surface area contributed by atoms with Crippen LogP contribution in [0.3, 0.4) is 0 Å². The molecular weight excluding hydrogens is 550 g/mol. The summed E-state index contributed by atoms with van der Waals surface area (Å²) in [5, 5.41) is 5.90. The first-order valence-corrected chi connectivity index (χ1v) is 14.2. The summed E-state index contributed by atoms with van der Waals surface area (Å²) in [4.78, 5) is 26.5. The van der Waals surface area contributed by atoms with E-state index in [4.69, 9.17) is 16.3 Å². The molecular formula is C30H28ClN3O5S. The van der Waals surface area contributed by atoms with Gasteiger partial charge in [-0.15, -0.1) is 0 Å². The second kappa shape index (κ2) is 12.7. The van der Waals surface area contributed by atoms with E-state index in [9.17, 15) is 18.0 Å². The molecule has 2 N–H and O–H groups in total. The molecule has 4 aromatic rings. The maximum atomic E-state index is 13.7. The van der Waals surface area contributed by atoms with Crippen LogP contribution >= 0.6 is 11.6 Å². The van der Waals surface area contributed by atoms with Crippen LogP contribution in [0.15, 0.2) is 108 Å². The predicted octanol–water partition coefficient (Wildman–Crippen LogP) is 5.67. The van der Waals surface area contributed by atoms with Gasteiger partial charge in [-0.05, 0) is 55.0 Å². The Balaban J connectivity index is 1.62. The van der Waals surface area contributed by atoms with Gasteiger partial charge in [0.2, 0.25) is 5.91 Å². The highest BCUT2D eigenvalue weighted by Gasteiger charge is 2.30. The van der Waals surface area contributed by atoms with Crippen molar-refractivity contribution in [3.05, 3.63) is 119 Å². The van der Waals surface area contributed by atoms with E-state index in [0.29, 0.717) is 0 Å². The van der Waals surface area contributed by atoms with Crippen molar-refractivity contribution in [1.82, 2.24) is 5.32 Å². The van der Waals surface area contributed by atoms with Crippen molar-refractivity contribution in [2.24, 2.45) is 0 Å². The summed E-state index contributed by atoms with van der Waals surface area (Å²) in [5.41, 5.74) is 1.49. The fourth-order valence-electron chi connectivity index (χ4n) is 4.09. The maximum Gasteiger partial charge on any atom is 0.264 e. The van der Waals surface area contributed by atoms with Gasteiger partial charge in [0.05, 0.1) is 35.0 Å². The number of para-hydroxylation sites is 1. The number of ether oxygens (including phenoxy) is 1. The van der Waals surface area contributed by atoms with Crippen LogP contribution in [0.1, 0.15) is 28.9 Å². The fraction of sp³-hybridized carbons (Fsp3) is 0.133. The minimum Gasteiger partial charge on any atom is -0.495 e. The lowest BCUT2D eigenvalue weighted by molar-refractivity contribution is -0.114. The lowest BCUT2D eigenvalue weighted by Gasteiger charge is -2.26. The summed E-state index contributed by atoms with van der Waals surface area (Å²) in [6.07, 6.45) is 0. The van der Waals surface area contributed by atoms with Crippen LogP contribution in [-0.2, 0) is 14.8 Å². The van der Waals surface area contributed by atoms with Crippen LogP contribution in [0.5, 0.6) is 5.75 Å². The highest BCUT2D eigenvalue weighted by Crippen LogP contribution is 2.35. The molecule has 0 spiro atoms. The molecule has 8 nitrogen and oxygen atoms in total. The van der Waals surface area contributed by atoms with Crippen molar-refractivity contribution in [2.45, 2.75) is 17.9 Å². The number of nitrogens with zero attached hydrogens (tertiary/aromatic N) is 1. The molecule has 0 aromatic heterocycles. The van der Waals surface area contributed by atoms with Crippen molar-refractivity contribution in [2.75, 3.05) is 23.3 Å². The minimum atomic E-state index is -4.21. The fourth-order valence-corrected chi connectivity index (χ4v) is 5.70. The van der Waals surface area contributed by atoms with E-state index < -0.39 is 28.4 Å². The SMILES string of the molecule is COc1ccc(Cl)cc1N(CC(=O)Nc1ccccc1C(=O)NC(C)c1ccccc1)S(=O)(=O)c1ccccc1. The highest BCUT2D eigenvalue weighted by molar-refractivity contribution is 7.92. The van der Waals surface area contributed by atoms with Gasteiger partial charge in [-0.2, -0.15) is 0 Å². The minimum absolute atomic E-state index is 0.0143. The van der Waals surface area contributed by atoms with E-state index in [1.807, 2.05) is 37.3 Å². The molecule has 0 radical (unpaired) electrons. The Morgan fingerprint density at radius 3 is 2.20 bits per heavy atom. The van der Waals surface area contributed by atoms with Crippen molar-refractivity contribution in [3.63, 3.8) is 0 Å². The Bertz CT molecular complexity index is 1600. The molecule has 4 rings (SSSR count). The van der Waals surface area contributed by atoms with Crippen LogP contribution in [-0.4, -0.2) is 33.9 Å². The van der Waals surface area contributed by atoms with Gasteiger partial charge in [-0.25, -0.2) is 8.42 Å². The van der Waals surface area contributed by atoms with Gasteiger partial charge in [-0.1, -0.05) is 72.3 Å². The average molecular weight is 578 g/mol. The largest absolute Gasteiger partial charge is 0.495 e. The van der Waals surface area contributed by atoms with Gasteiger partial charge in [-0.3, -0.25) is 13.9 Å². The number of halogens is 1. The molecule has 0 aliphatic heterocycles. The van der Waals surface area contributed by atoms with Gasteiger partial charge < -0.3 is 15.4 Å². The number of hydrogen-bond acceptors (Lipinski definition) is 5. The van der Waals surface area contributed by atoms with Crippen LogP contribution in [0.25, 0.3) is 0 Å². The first-order chi connectivity index (χ1) is 19.2. The summed E-state index contributed by atoms with van der Waals surface area (Å²) in [6.45, 7) is 1.25. The van der Waals surface area contributed by atoms with Crippen molar-refractivity contribution in [1.29, 1.82) is 0 Å². The standard InChI is InChI=1S/C30H28ClN3O5S/c1-21(22-11-5-3-6-12-22)32-30(36)25-15-9-10-16-26(25)33-29(35)20-34(27-19-23(31)17-18-28(27)39-2)40(37,38)24-13-7-4-8-14-24/h3-19,21H,20H2,1-2H3,(H,32,36)(H,33,35). The average Bonchev–Trinajstić information content (AvgIpc) is 2.97. The quantitative estimate of drug-likeness (QED) is 0.252. The number of carbonyl (C=O) groups excluding carboxylic acids is 2. The highest BCUT2D eigenvalue weighted by atomic mass is 35.5. The summed E-state index contributed by atoms with van der Waals surface area (Å²) >= 11 is 6.20. The van der Waals surface area contributed by atoms with E-state index in [1.54, 1.807) is 48.5 Å². The van der Waals surface area contributed by atoms with E-state index in [2.05, 4.69) is 10.6 Å². The molecule has 40 heavy (non-hydrogen) atoms. The zero-order valence-corrected chi connectivity index (χ0v) is 23.4. The molecule has 2 amide bonds. The topological polar surface area (TPSA) is 105 Å². The molecule has 0 bridgehead atoms. The number of nitrogens with one attached hydrogen (secondary N) is 2. The Morgan fingerprint density at radius 1 is 0.900 bits per heavy atom. The van der Waals surface area contributed by atoms with Gasteiger partial charge in [0.25, 0.3) is 15.9 Å². The number of carbonyl (C=O) groups is 2. The lowest BCUT2D eigenvalue weighted by atomic mass is 10.1. The number of rotatable bonds is 10. The van der Waals surface area contributed by atoms with E-state index in [0.717, 1.165) is 9.87 Å². The Labute approximate surface area is 238 Å². The molecule has 0 saturated carbocycles. The molecule has 0 aliphatic carbocycles. The lowest BCUT2D eigenvalue weighted by Crippen LogP contribution is -2.38. The van der Waals surface area contributed by atoms with Gasteiger partial charge in [0.15, 0.2) is 0 Å². The summed E-state index contributed by atoms with van der Waals surface area (Å²) < 4.78 is 33.7. The van der Waals surface area contributed by atoms with Gasteiger partial charge in [0, 0.05) is 5.02 Å². The first-order valence-electron chi connectivity index (χ1n) is 12.4. The smallest absolute Gasteiger partial charge is 0.264 e. The third-order valence-electron chi connectivity index (χ3n) is 6.12. The number of amides is 2. The van der Waals surface area contributed by atoms with Crippen LogP contribution in [0.2, 0.25) is 5.02 Å². The van der Waals surface area contributed by atoms with Gasteiger partial charge >= 0.3 is 0 Å². The number of methoxy groups -OCH3 is 1. The summed E-state index contributed by atoms with van der Waals surface area (Å²) in [7, 11) is -2.81. The van der Waals surface area contributed by atoms with Crippen molar-refractivity contribution >= 4 is 44.8 Å². The summed E-state index contributed by atoms with van der Waals surface area (Å²) in [6, 6.07) is 28.0. The number of sulfonamides is 1. The Morgan fingerprint density at radius 2 is 1.52 bits per heavy atom. The first kappa shape index (κ1) is 28.7. The molecule has 0 heterocycles. The zero-order chi connectivity index (χ0) is 28.7. The predicted molar refractivity (Wildman–Crippen MR) is 156 cm³/mol. The summed E-state index contributed by atoms with van der Waals surface area (Å²) in [5.74, 6) is -0.846. The van der Waals surface area contributed by atoms with Crippen LogP contribution in [0, 0.1) is 0 Å². The maximum absolute atomic E-state index is 13.7. The molecule has 206 valence electrons. The number of anilines is 2. The third-order valence-corrected chi connectivity index (χ3v) is 8.13. The van der Waals surface area contributed by atoms with Crippen molar-refractivity contribution in [3.8, 4) is 5.75 Å². The second-order valence-electron chi connectivity index (χ2n) is 8.84. The van der Waals surface area contributed by atoms with E-state index in [1.165, 1.54) is 31.4 Å². The molecule has 1 atom stereocenters. The van der Waals surface area contributed by atoms with E-state index in [-0.39, 0.29) is 38.6 Å². The molecule has 4 aromatic carbocycles. The number of benzene rings is 4. The zero-order valence-electron chi connectivity index (χ0n) is 21.9. The van der Waals surface area contributed by atoms with Gasteiger partial charge in [0.1, 0.15) is 12.3 Å².